The van der Waals surface area contributed by atoms with Gasteiger partial charge in [-0.1, -0.05) is 65.1 Å². The van der Waals surface area contributed by atoms with E-state index in [1.54, 1.807) is 30.3 Å². The van der Waals surface area contributed by atoms with Crippen LogP contribution < -0.4 is 5.32 Å². The molecule has 21 heavy (non-hydrogen) atoms. The molecular formula is C15H12Cl3NO2. The van der Waals surface area contributed by atoms with Gasteiger partial charge in [0.2, 0.25) is 0 Å². The van der Waals surface area contributed by atoms with Gasteiger partial charge in [-0.3, -0.25) is 4.79 Å². The maximum atomic E-state index is 11.4. The molecule has 2 aromatic rings. The molecule has 0 aliphatic carbocycles. The molecule has 0 saturated carbocycles. The van der Waals surface area contributed by atoms with Crippen molar-refractivity contribution in [2.24, 2.45) is 0 Å². The highest BCUT2D eigenvalue weighted by Gasteiger charge is 2.19. The maximum Gasteiger partial charge on any atom is 0.312 e. The zero-order chi connectivity index (χ0) is 15.4. The van der Waals surface area contributed by atoms with E-state index in [-0.39, 0.29) is 6.54 Å². The molecule has 0 saturated heterocycles. The van der Waals surface area contributed by atoms with Gasteiger partial charge in [-0.05, 0) is 17.7 Å². The van der Waals surface area contributed by atoms with Crippen molar-refractivity contribution in [3.63, 3.8) is 0 Å². The van der Waals surface area contributed by atoms with Gasteiger partial charge in [0.25, 0.3) is 0 Å². The molecular weight excluding hydrogens is 333 g/mol. The Labute approximate surface area is 137 Å². The molecule has 110 valence electrons. The van der Waals surface area contributed by atoms with E-state index in [9.17, 15) is 9.90 Å². The fraction of sp³-hybridized carbons (Fsp3) is 0.133. The molecule has 0 aliphatic heterocycles. The molecule has 2 N–H and O–H groups in total. The Bertz CT molecular complexity index is 647. The summed E-state index contributed by atoms with van der Waals surface area (Å²) in [6, 6.07) is 12.1. The van der Waals surface area contributed by atoms with Gasteiger partial charge < -0.3 is 10.4 Å². The van der Waals surface area contributed by atoms with Crippen molar-refractivity contribution in [3.05, 3.63) is 63.1 Å². The van der Waals surface area contributed by atoms with E-state index in [1.165, 1.54) is 6.07 Å². The van der Waals surface area contributed by atoms with Gasteiger partial charge in [-0.2, -0.15) is 0 Å². The number of rotatable bonds is 5. The number of carboxylic acid groups (broad SMARTS) is 1. The molecule has 2 aromatic carbocycles. The third-order valence-corrected chi connectivity index (χ3v) is 4.04. The van der Waals surface area contributed by atoms with E-state index in [0.29, 0.717) is 26.3 Å². The standard InChI is InChI=1S/C15H12Cl3NO2/c16-11-6-13(18)14(7-12(11)17)19-8-10(15(20)21)9-4-2-1-3-5-9/h1-7,10,19H,8H2,(H,20,21). The highest BCUT2D eigenvalue weighted by Crippen LogP contribution is 2.32. The van der Waals surface area contributed by atoms with E-state index < -0.39 is 11.9 Å². The predicted molar refractivity (Wildman–Crippen MR) is 86.8 cm³/mol. The summed E-state index contributed by atoms with van der Waals surface area (Å²) in [5.74, 6) is -1.60. The second kappa shape index (κ2) is 7.03. The number of benzene rings is 2. The van der Waals surface area contributed by atoms with E-state index in [2.05, 4.69) is 5.32 Å². The van der Waals surface area contributed by atoms with Gasteiger partial charge in [0.05, 0.1) is 26.7 Å². The maximum absolute atomic E-state index is 11.4. The van der Waals surface area contributed by atoms with Crippen LogP contribution >= 0.6 is 34.8 Å². The van der Waals surface area contributed by atoms with E-state index in [1.807, 2.05) is 6.07 Å². The molecule has 0 spiro atoms. The topological polar surface area (TPSA) is 49.3 Å². The minimum Gasteiger partial charge on any atom is -0.481 e. The van der Waals surface area contributed by atoms with Gasteiger partial charge in [0.1, 0.15) is 0 Å². The Morgan fingerprint density at radius 3 is 2.29 bits per heavy atom. The van der Waals surface area contributed by atoms with Crippen LogP contribution in [-0.2, 0) is 4.79 Å². The summed E-state index contributed by atoms with van der Waals surface area (Å²) < 4.78 is 0. The smallest absolute Gasteiger partial charge is 0.312 e. The summed E-state index contributed by atoms with van der Waals surface area (Å²) >= 11 is 17.8. The van der Waals surface area contributed by atoms with Crippen molar-refractivity contribution in [2.75, 3.05) is 11.9 Å². The van der Waals surface area contributed by atoms with Crippen molar-refractivity contribution in [3.8, 4) is 0 Å². The molecule has 2 rings (SSSR count). The molecule has 0 amide bonds. The van der Waals surface area contributed by atoms with Crippen LogP contribution in [0, 0.1) is 0 Å². The third-order valence-electron chi connectivity index (χ3n) is 3.01. The van der Waals surface area contributed by atoms with Gasteiger partial charge >= 0.3 is 5.97 Å². The lowest BCUT2D eigenvalue weighted by atomic mass is 9.99. The summed E-state index contributed by atoms with van der Waals surface area (Å²) in [4.78, 5) is 11.4. The number of hydrogen-bond acceptors (Lipinski definition) is 2. The number of anilines is 1. The lowest BCUT2D eigenvalue weighted by Crippen LogP contribution is -2.21. The first-order valence-corrected chi connectivity index (χ1v) is 7.28. The zero-order valence-corrected chi connectivity index (χ0v) is 13.1. The van der Waals surface area contributed by atoms with Crippen molar-refractivity contribution >= 4 is 46.5 Å². The molecule has 3 nitrogen and oxygen atoms in total. The predicted octanol–water partition coefficient (Wildman–Crippen LogP) is 4.93. The number of halogens is 3. The second-order valence-electron chi connectivity index (χ2n) is 4.43. The first kappa shape index (κ1) is 16.0. The summed E-state index contributed by atoms with van der Waals surface area (Å²) in [6.45, 7) is 0.191. The number of carboxylic acids is 1. The van der Waals surface area contributed by atoms with Crippen molar-refractivity contribution in [1.29, 1.82) is 0 Å². The van der Waals surface area contributed by atoms with Crippen LogP contribution in [0.2, 0.25) is 15.1 Å². The first-order valence-electron chi connectivity index (χ1n) is 6.15. The first-order chi connectivity index (χ1) is 9.99. The van der Waals surface area contributed by atoms with Crippen LogP contribution in [0.5, 0.6) is 0 Å². The molecule has 0 heterocycles. The SMILES string of the molecule is O=C(O)C(CNc1cc(Cl)c(Cl)cc1Cl)c1ccccc1. The van der Waals surface area contributed by atoms with Crippen LogP contribution in [0.3, 0.4) is 0 Å². The Kier molecular flexibility index (Phi) is 5.34. The Hall–Kier alpha value is -1.42. The van der Waals surface area contributed by atoms with Gasteiger partial charge in [0.15, 0.2) is 0 Å². The third kappa shape index (κ3) is 4.03. The molecule has 1 unspecified atom stereocenters. The highest BCUT2D eigenvalue weighted by atomic mass is 35.5. The minimum atomic E-state index is -0.912. The Morgan fingerprint density at radius 2 is 1.67 bits per heavy atom. The fourth-order valence-electron chi connectivity index (χ4n) is 1.90. The van der Waals surface area contributed by atoms with Crippen LogP contribution in [0.15, 0.2) is 42.5 Å². The second-order valence-corrected chi connectivity index (χ2v) is 5.65. The van der Waals surface area contributed by atoms with E-state index in [4.69, 9.17) is 34.8 Å². The molecule has 0 bridgehead atoms. The summed E-state index contributed by atoms with van der Waals surface area (Å²) in [6.07, 6.45) is 0. The van der Waals surface area contributed by atoms with Crippen LogP contribution in [-0.4, -0.2) is 17.6 Å². The van der Waals surface area contributed by atoms with Crippen molar-refractivity contribution in [1.82, 2.24) is 0 Å². The molecule has 0 aliphatic rings. The average Bonchev–Trinajstić information content (AvgIpc) is 2.45. The lowest BCUT2D eigenvalue weighted by molar-refractivity contribution is -0.138. The van der Waals surface area contributed by atoms with E-state index >= 15 is 0 Å². The van der Waals surface area contributed by atoms with Gasteiger partial charge in [-0.25, -0.2) is 0 Å². The quantitative estimate of drug-likeness (QED) is 0.756. The number of hydrogen-bond donors (Lipinski definition) is 2. The largest absolute Gasteiger partial charge is 0.481 e. The zero-order valence-electron chi connectivity index (χ0n) is 10.8. The van der Waals surface area contributed by atoms with Crippen LogP contribution in [0.1, 0.15) is 11.5 Å². The molecule has 0 fully saturated rings. The summed E-state index contributed by atoms with van der Waals surface area (Å²) in [5, 5.41) is 13.5. The molecule has 1 atom stereocenters. The van der Waals surface area contributed by atoms with Crippen LogP contribution in [0.25, 0.3) is 0 Å². The minimum absolute atomic E-state index is 0.191. The molecule has 6 heteroatoms. The van der Waals surface area contributed by atoms with Crippen LogP contribution in [0.4, 0.5) is 5.69 Å². The number of carbonyl (C=O) groups is 1. The van der Waals surface area contributed by atoms with Gasteiger partial charge in [0, 0.05) is 6.54 Å². The Morgan fingerprint density at radius 1 is 1.05 bits per heavy atom. The number of aliphatic carboxylic acids is 1. The molecule has 0 aromatic heterocycles. The molecule has 0 radical (unpaired) electrons. The lowest BCUT2D eigenvalue weighted by Gasteiger charge is -2.16. The highest BCUT2D eigenvalue weighted by molar-refractivity contribution is 6.44. The summed E-state index contributed by atoms with van der Waals surface area (Å²) in [5.41, 5.74) is 1.27. The van der Waals surface area contributed by atoms with Gasteiger partial charge in [-0.15, -0.1) is 0 Å². The fourth-order valence-corrected chi connectivity index (χ4v) is 2.52. The summed E-state index contributed by atoms with van der Waals surface area (Å²) in [7, 11) is 0. The van der Waals surface area contributed by atoms with Crippen molar-refractivity contribution < 1.29 is 9.90 Å². The normalized spacial score (nSPS) is 12.0. The van der Waals surface area contributed by atoms with E-state index in [0.717, 1.165) is 0 Å². The van der Waals surface area contributed by atoms with Crippen molar-refractivity contribution in [2.45, 2.75) is 5.92 Å². The monoisotopic (exact) mass is 343 g/mol. The average molecular weight is 345 g/mol. The Balaban J connectivity index is 2.17. The number of nitrogens with one attached hydrogen (secondary N) is 1.